The van der Waals surface area contributed by atoms with Crippen LogP contribution < -0.4 is 16.0 Å². The van der Waals surface area contributed by atoms with Gasteiger partial charge in [0.25, 0.3) is 0 Å². The molecule has 0 saturated carbocycles. The molecule has 0 aliphatic carbocycles. The molecule has 0 radical (unpaired) electrons. The number of phenols is 1. The van der Waals surface area contributed by atoms with E-state index in [1.54, 1.807) is 32.9 Å². The Kier molecular flexibility index (Phi) is 6.42. The molecule has 1 amide bonds. The van der Waals surface area contributed by atoms with Gasteiger partial charge in [0.1, 0.15) is 11.4 Å². The molecule has 0 bridgehead atoms. The molecule has 1 rings (SSSR count). The molecule has 1 aromatic rings. The third kappa shape index (κ3) is 7.12. The molecule has 22 heavy (non-hydrogen) atoms. The number of hydrogen-bond acceptors (Lipinski definition) is 4. The predicted octanol–water partition coefficient (Wildman–Crippen LogP) is 2.51. The topological polar surface area (TPSA) is 82.6 Å². The number of hydrogen-bond donors (Lipinski definition) is 4. The molecular weight excluding hydrogens is 302 g/mol. The molecule has 0 heterocycles. The largest absolute Gasteiger partial charge is 0.506 e. The van der Waals surface area contributed by atoms with E-state index in [0.717, 1.165) is 5.56 Å². The van der Waals surface area contributed by atoms with Gasteiger partial charge in [0, 0.05) is 13.1 Å². The number of aryl methyl sites for hydroxylation is 1. The summed E-state index contributed by atoms with van der Waals surface area (Å²) in [7, 11) is 0. The van der Waals surface area contributed by atoms with Crippen molar-refractivity contribution in [3.63, 3.8) is 0 Å². The van der Waals surface area contributed by atoms with E-state index in [9.17, 15) is 9.90 Å². The Labute approximate surface area is 136 Å². The molecule has 7 heteroatoms. The number of nitrogens with one attached hydrogen (secondary N) is 3. The van der Waals surface area contributed by atoms with Crippen molar-refractivity contribution in [2.45, 2.75) is 33.3 Å². The highest BCUT2D eigenvalue weighted by atomic mass is 32.1. The summed E-state index contributed by atoms with van der Waals surface area (Å²) < 4.78 is 5.11. The van der Waals surface area contributed by atoms with E-state index in [-0.39, 0.29) is 5.75 Å². The number of carbonyl (C=O) groups excluding carboxylic acids is 1. The summed E-state index contributed by atoms with van der Waals surface area (Å²) in [5.74, 6) is 0.135. The monoisotopic (exact) mass is 325 g/mol. The summed E-state index contributed by atoms with van der Waals surface area (Å²) >= 11 is 5.12. The fourth-order valence-electron chi connectivity index (χ4n) is 1.57. The van der Waals surface area contributed by atoms with E-state index in [4.69, 9.17) is 17.0 Å². The van der Waals surface area contributed by atoms with E-state index >= 15 is 0 Å². The first-order chi connectivity index (χ1) is 10.2. The standard InChI is InChI=1S/C15H23N3O3S/c1-10-5-6-11(12(19)9-10)18-13(22)16-7-8-17-14(20)21-15(2,3)4/h5-6,9,19H,7-8H2,1-4H3,(H,17,20)(H2,16,18,22). The maximum atomic E-state index is 11.4. The summed E-state index contributed by atoms with van der Waals surface area (Å²) in [5.41, 5.74) is 0.976. The first-order valence-electron chi connectivity index (χ1n) is 6.99. The van der Waals surface area contributed by atoms with Crippen molar-refractivity contribution in [3.8, 4) is 5.75 Å². The number of alkyl carbamates (subject to hydrolysis) is 1. The first-order valence-corrected chi connectivity index (χ1v) is 7.39. The van der Waals surface area contributed by atoms with Crippen LogP contribution in [-0.2, 0) is 4.74 Å². The van der Waals surface area contributed by atoms with Gasteiger partial charge in [0.2, 0.25) is 0 Å². The van der Waals surface area contributed by atoms with E-state index in [0.29, 0.717) is 23.9 Å². The second kappa shape index (κ2) is 7.84. The summed E-state index contributed by atoms with van der Waals surface area (Å²) in [6.07, 6.45) is -0.468. The zero-order chi connectivity index (χ0) is 16.8. The fourth-order valence-corrected chi connectivity index (χ4v) is 1.78. The molecule has 0 aromatic heterocycles. The zero-order valence-corrected chi connectivity index (χ0v) is 14.1. The normalized spacial score (nSPS) is 10.7. The lowest BCUT2D eigenvalue weighted by Gasteiger charge is -2.19. The molecule has 0 aliphatic rings. The number of amides is 1. The van der Waals surface area contributed by atoms with Crippen LogP contribution >= 0.6 is 12.2 Å². The zero-order valence-electron chi connectivity index (χ0n) is 13.3. The second-order valence-corrected chi connectivity index (χ2v) is 6.24. The minimum absolute atomic E-state index is 0.135. The van der Waals surface area contributed by atoms with Gasteiger partial charge >= 0.3 is 6.09 Å². The van der Waals surface area contributed by atoms with Crippen LogP contribution in [0.4, 0.5) is 10.5 Å². The number of ether oxygens (including phenoxy) is 1. The van der Waals surface area contributed by atoms with Crippen LogP contribution in [0.3, 0.4) is 0 Å². The van der Waals surface area contributed by atoms with Crippen molar-refractivity contribution in [1.82, 2.24) is 10.6 Å². The van der Waals surface area contributed by atoms with Gasteiger partial charge in [-0.2, -0.15) is 0 Å². The number of rotatable bonds is 4. The van der Waals surface area contributed by atoms with Crippen molar-refractivity contribution in [3.05, 3.63) is 23.8 Å². The predicted molar refractivity (Wildman–Crippen MR) is 91.3 cm³/mol. The minimum atomic E-state index is -0.517. The lowest BCUT2D eigenvalue weighted by molar-refractivity contribution is 0.0529. The molecule has 122 valence electrons. The summed E-state index contributed by atoms with van der Waals surface area (Å²) in [6, 6.07) is 5.27. The molecule has 0 atom stereocenters. The Morgan fingerprint density at radius 2 is 1.91 bits per heavy atom. The van der Waals surface area contributed by atoms with E-state index < -0.39 is 11.7 Å². The van der Waals surface area contributed by atoms with Gasteiger partial charge in [-0.25, -0.2) is 4.79 Å². The van der Waals surface area contributed by atoms with Gasteiger partial charge in [-0.3, -0.25) is 0 Å². The molecular formula is C15H23N3O3S. The van der Waals surface area contributed by atoms with Crippen LogP contribution in [0.2, 0.25) is 0 Å². The van der Waals surface area contributed by atoms with Gasteiger partial charge in [0.15, 0.2) is 5.11 Å². The Morgan fingerprint density at radius 1 is 1.27 bits per heavy atom. The highest BCUT2D eigenvalue weighted by Gasteiger charge is 2.15. The van der Waals surface area contributed by atoms with Crippen LogP contribution in [0.5, 0.6) is 5.75 Å². The van der Waals surface area contributed by atoms with Crippen molar-refractivity contribution in [2.75, 3.05) is 18.4 Å². The average Bonchev–Trinajstić information content (AvgIpc) is 2.36. The summed E-state index contributed by atoms with van der Waals surface area (Å²) in [5, 5.41) is 18.6. The van der Waals surface area contributed by atoms with Gasteiger partial charge in [0.05, 0.1) is 5.69 Å². The van der Waals surface area contributed by atoms with Crippen LogP contribution in [-0.4, -0.2) is 35.0 Å². The number of aromatic hydroxyl groups is 1. The summed E-state index contributed by atoms with van der Waals surface area (Å²) in [4.78, 5) is 11.4. The highest BCUT2D eigenvalue weighted by molar-refractivity contribution is 7.80. The fraction of sp³-hybridized carbons (Fsp3) is 0.467. The van der Waals surface area contributed by atoms with Crippen LogP contribution in [0.1, 0.15) is 26.3 Å². The number of benzene rings is 1. The van der Waals surface area contributed by atoms with E-state index in [1.807, 2.05) is 13.0 Å². The van der Waals surface area contributed by atoms with Crippen LogP contribution in [0, 0.1) is 6.92 Å². The maximum absolute atomic E-state index is 11.4. The lowest BCUT2D eigenvalue weighted by atomic mass is 10.2. The molecule has 0 aliphatic heterocycles. The van der Waals surface area contributed by atoms with Gasteiger partial charge in [-0.1, -0.05) is 6.07 Å². The Bertz CT molecular complexity index is 541. The molecule has 0 fully saturated rings. The Morgan fingerprint density at radius 3 is 2.50 bits per heavy atom. The smallest absolute Gasteiger partial charge is 0.407 e. The van der Waals surface area contributed by atoms with E-state index in [2.05, 4.69) is 16.0 Å². The molecule has 6 nitrogen and oxygen atoms in total. The molecule has 0 unspecified atom stereocenters. The highest BCUT2D eigenvalue weighted by Crippen LogP contribution is 2.23. The van der Waals surface area contributed by atoms with Crippen molar-refractivity contribution in [2.24, 2.45) is 0 Å². The van der Waals surface area contributed by atoms with Gasteiger partial charge in [-0.05, 0) is 57.6 Å². The van der Waals surface area contributed by atoms with Crippen LogP contribution in [0.25, 0.3) is 0 Å². The van der Waals surface area contributed by atoms with Gasteiger partial charge < -0.3 is 25.8 Å². The second-order valence-electron chi connectivity index (χ2n) is 5.83. The van der Waals surface area contributed by atoms with Crippen molar-refractivity contribution >= 4 is 29.1 Å². The summed E-state index contributed by atoms with van der Waals surface area (Å²) in [6.45, 7) is 8.12. The quantitative estimate of drug-likeness (QED) is 0.387. The molecule has 0 spiro atoms. The van der Waals surface area contributed by atoms with Crippen LogP contribution in [0.15, 0.2) is 18.2 Å². The average molecular weight is 325 g/mol. The Hall–Kier alpha value is -2.02. The number of thiocarbonyl (C=S) groups is 1. The van der Waals surface area contributed by atoms with Crippen molar-refractivity contribution < 1.29 is 14.6 Å². The molecule has 4 N–H and O–H groups in total. The first kappa shape index (κ1) is 18.0. The maximum Gasteiger partial charge on any atom is 0.407 e. The lowest BCUT2D eigenvalue weighted by Crippen LogP contribution is -2.39. The molecule has 1 aromatic carbocycles. The van der Waals surface area contributed by atoms with Gasteiger partial charge in [-0.15, -0.1) is 0 Å². The number of carbonyl (C=O) groups is 1. The van der Waals surface area contributed by atoms with E-state index in [1.165, 1.54) is 0 Å². The number of anilines is 1. The number of phenolic OH excluding ortho intramolecular Hbond substituents is 1. The molecule has 0 saturated heterocycles. The minimum Gasteiger partial charge on any atom is -0.506 e. The third-order valence-electron chi connectivity index (χ3n) is 2.48. The Balaban J connectivity index is 2.28. The van der Waals surface area contributed by atoms with Crippen molar-refractivity contribution in [1.29, 1.82) is 0 Å². The SMILES string of the molecule is Cc1ccc(NC(=S)NCCNC(=O)OC(C)(C)C)c(O)c1. The third-order valence-corrected chi connectivity index (χ3v) is 2.73.